The van der Waals surface area contributed by atoms with Crippen LogP contribution in [-0.2, 0) is 9.53 Å². The summed E-state index contributed by atoms with van der Waals surface area (Å²) in [4.78, 5) is 15.9. The van der Waals surface area contributed by atoms with Gasteiger partial charge >= 0.3 is 0 Å². The maximum atomic E-state index is 11.7. The quantitative estimate of drug-likeness (QED) is 0.795. The normalized spacial score (nSPS) is 10.2. The van der Waals surface area contributed by atoms with Crippen molar-refractivity contribution in [3.8, 4) is 6.07 Å². The third kappa shape index (κ3) is 3.85. The summed E-state index contributed by atoms with van der Waals surface area (Å²) >= 11 is 6.00. The molecule has 1 amide bonds. The number of nitriles is 1. The average molecular weight is 319 g/mol. The number of hydrogen-bond donors (Lipinski definition) is 2. The van der Waals surface area contributed by atoms with Gasteiger partial charge in [-0.25, -0.2) is 0 Å². The highest BCUT2D eigenvalue weighted by molar-refractivity contribution is 6.31. The van der Waals surface area contributed by atoms with Crippen molar-refractivity contribution in [2.24, 2.45) is 0 Å². The second kappa shape index (κ2) is 7.59. The van der Waals surface area contributed by atoms with Crippen LogP contribution in [0.25, 0.3) is 10.9 Å². The minimum absolute atomic E-state index is 0.0457. The molecule has 7 heteroatoms. The van der Waals surface area contributed by atoms with Crippen LogP contribution in [-0.4, -0.2) is 37.7 Å². The Hall–Kier alpha value is -2.36. The SMILES string of the molecule is COCCNC(=O)CNc1c(C#N)cnc2ccc(Cl)cc12. The fourth-order valence-electron chi connectivity index (χ4n) is 1.96. The summed E-state index contributed by atoms with van der Waals surface area (Å²) in [6.45, 7) is 0.929. The van der Waals surface area contributed by atoms with E-state index in [1.807, 2.05) is 0 Å². The first-order chi connectivity index (χ1) is 10.7. The summed E-state index contributed by atoms with van der Waals surface area (Å²) in [6.07, 6.45) is 1.47. The van der Waals surface area contributed by atoms with E-state index in [9.17, 15) is 10.1 Å². The van der Waals surface area contributed by atoms with Crippen molar-refractivity contribution in [1.82, 2.24) is 10.3 Å². The summed E-state index contributed by atoms with van der Waals surface area (Å²) in [5, 5.41) is 16.1. The van der Waals surface area contributed by atoms with Gasteiger partial charge in [-0.15, -0.1) is 0 Å². The molecule has 1 heterocycles. The highest BCUT2D eigenvalue weighted by Crippen LogP contribution is 2.27. The number of anilines is 1. The van der Waals surface area contributed by atoms with Crippen LogP contribution in [0.3, 0.4) is 0 Å². The summed E-state index contributed by atoms with van der Waals surface area (Å²) in [5.41, 5.74) is 1.61. The highest BCUT2D eigenvalue weighted by Gasteiger charge is 2.10. The minimum Gasteiger partial charge on any atom is -0.383 e. The zero-order chi connectivity index (χ0) is 15.9. The third-order valence-electron chi connectivity index (χ3n) is 3.00. The van der Waals surface area contributed by atoms with Crippen LogP contribution >= 0.6 is 11.6 Å². The zero-order valence-electron chi connectivity index (χ0n) is 12.0. The van der Waals surface area contributed by atoms with Gasteiger partial charge < -0.3 is 15.4 Å². The van der Waals surface area contributed by atoms with Crippen molar-refractivity contribution < 1.29 is 9.53 Å². The zero-order valence-corrected chi connectivity index (χ0v) is 12.8. The highest BCUT2D eigenvalue weighted by atomic mass is 35.5. The topological polar surface area (TPSA) is 87.0 Å². The van der Waals surface area contributed by atoms with Crippen molar-refractivity contribution in [3.05, 3.63) is 35.0 Å². The second-order valence-electron chi connectivity index (χ2n) is 4.52. The Morgan fingerprint density at radius 3 is 3.05 bits per heavy atom. The van der Waals surface area contributed by atoms with E-state index >= 15 is 0 Å². The fourth-order valence-corrected chi connectivity index (χ4v) is 2.14. The molecule has 2 aromatic rings. The predicted molar refractivity (Wildman–Crippen MR) is 84.8 cm³/mol. The Labute approximate surface area is 133 Å². The van der Waals surface area contributed by atoms with Crippen molar-refractivity contribution in [2.75, 3.05) is 32.1 Å². The molecule has 0 saturated heterocycles. The van der Waals surface area contributed by atoms with Gasteiger partial charge in [-0.3, -0.25) is 9.78 Å². The number of halogens is 1. The average Bonchev–Trinajstić information content (AvgIpc) is 2.52. The number of pyridine rings is 1. The van der Waals surface area contributed by atoms with E-state index in [2.05, 4.69) is 21.7 Å². The molecule has 2 N–H and O–H groups in total. The molecule has 0 fully saturated rings. The lowest BCUT2D eigenvalue weighted by molar-refractivity contribution is -0.119. The molecule has 2 rings (SSSR count). The van der Waals surface area contributed by atoms with E-state index in [0.717, 1.165) is 0 Å². The summed E-state index contributed by atoms with van der Waals surface area (Å²) in [7, 11) is 1.57. The molecule has 1 aromatic heterocycles. The lowest BCUT2D eigenvalue weighted by Crippen LogP contribution is -2.32. The number of aromatic nitrogens is 1. The van der Waals surface area contributed by atoms with E-state index < -0.39 is 0 Å². The fraction of sp³-hybridized carbons (Fsp3) is 0.267. The molecule has 0 aliphatic heterocycles. The van der Waals surface area contributed by atoms with Crippen molar-refractivity contribution in [1.29, 1.82) is 5.26 Å². The lowest BCUT2D eigenvalue weighted by atomic mass is 10.1. The van der Waals surface area contributed by atoms with E-state index in [-0.39, 0.29) is 12.5 Å². The molecule has 0 aliphatic rings. The van der Waals surface area contributed by atoms with E-state index in [1.54, 1.807) is 25.3 Å². The van der Waals surface area contributed by atoms with Crippen molar-refractivity contribution >= 4 is 34.1 Å². The number of carbonyl (C=O) groups is 1. The molecule has 0 spiro atoms. The number of ether oxygens (including phenoxy) is 1. The molecule has 0 radical (unpaired) electrons. The first-order valence-electron chi connectivity index (χ1n) is 6.63. The first kappa shape index (κ1) is 16.0. The number of hydrogen-bond acceptors (Lipinski definition) is 5. The number of carbonyl (C=O) groups excluding carboxylic acids is 1. The van der Waals surface area contributed by atoms with E-state index in [0.29, 0.717) is 40.3 Å². The molecule has 114 valence electrons. The first-order valence-corrected chi connectivity index (χ1v) is 7.01. The molecule has 0 bridgehead atoms. The van der Waals surface area contributed by atoms with E-state index in [4.69, 9.17) is 16.3 Å². The molecular weight excluding hydrogens is 304 g/mol. The Balaban J connectivity index is 2.20. The molecule has 0 saturated carbocycles. The van der Waals surface area contributed by atoms with Gasteiger partial charge in [0.15, 0.2) is 0 Å². The van der Waals surface area contributed by atoms with Gasteiger partial charge in [-0.05, 0) is 18.2 Å². The summed E-state index contributed by atoms with van der Waals surface area (Å²) in [5.74, 6) is -0.187. The second-order valence-corrected chi connectivity index (χ2v) is 4.95. The molecular formula is C15H15ClN4O2. The number of nitrogens with one attached hydrogen (secondary N) is 2. The van der Waals surface area contributed by atoms with Gasteiger partial charge in [-0.2, -0.15) is 5.26 Å². The largest absolute Gasteiger partial charge is 0.383 e. The monoisotopic (exact) mass is 318 g/mol. The molecule has 1 aromatic carbocycles. The van der Waals surface area contributed by atoms with Crippen LogP contribution in [0.2, 0.25) is 5.02 Å². The Bertz CT molecular complexity index is 727. The van der Waals surface area contributed by atoms with Gasteiger partial charge in [0.1, 0.15) is 6.07 Å². The maximum absolute atomic E-state index is 11.7. The van der Waals surface area contributed by atoms with Gasteiger partial charge in [-0.1, -0.05) is 11.6 Å². The summed E-state index contributed by atoms with van der Waals surface area (Å²) in [6, 6.07) is 7.27. The van der Waals surface area contributed by atoms with Crippen LogP contribution in [0.4, 0.5) is 5.69 Å². The molecule has 0 atom stereocenters. The van der Waals surface area contributed by atoms with Crippen LogP contribution in [0.1, 0.15) is 5.56 Å². The lowest BCUT2D eigenvalue weighted by Gasteiger charge is -2.11. The number of methoxy groups -OCH3 is 1. The van der Waals surface area contributed by atoms with Gasteiger partial charge in [0.25, 0.3) is 0 Å². The standard InChI is InChI=1S/C15H15ClN4O2/c1-22-5-4-18-14(21)9-20-15-10(7-17)8-19-13-3-2-11(16)6-12(13)15/h2-3,6,8H,4-5,9H2,1H3,(H,18,21)(H,19,20). The summed E-state index contributed by atoms with van der Waals surface area (Å²) < 4.78 is 4.86. The van der Waals surface area contributed by atoms with Crippen LogP contribution in [0.5, 0.6) is 0 Å². The molecule has 6 nitrogen and oxygen atoms in total. The Morgan fingerprint density at radius 1 is 1.50 bits per heavy atom. The number of amides is 1. The molecule has 0 unspecified atom stereocenters. The van der Waals surface area contributed by atoms with Crippen molar-refractivity contribution in [3.63, 3.8) is 0 Å². The number of benzene rings is 1. The maximum Gasteiger partial charge on any atom is 0.239 e. The molecule has 22 heavy (non-hydrogen) atoms. The number of rotatable bonds is 6. The Kier molecular flexibility index (Phi) is 5.53. The van der Waals surface area contributed by atoms with E-state index in [1.165, 1.54) is 6.20 Å². The predicted octanol–water partition coefficient (Wildman–Crippen LogP) is 1.93. The van der Waals surface area contributed by atoms with Crippen LogP contribution < -0.4 is 10.6 Å². The number of nitrogens with zero attached hydrogens (tertiary/aromatic N) is 2. The molecule has 0 aliphatic carbocycles. The smallest absolute Gasteiger partial charge is 0.239 e. The van der Waals surface area contributed by atoms with Crippen molar-refractivity contribution in [2.45, 2.75) is 0 Å². The van der Waals surface area contributed by atoms with Gasteiger partial charge in [0, 0.05) is 30.3 Å². The third-order valence-corrected chi connectivity index (χ3v) is 3.24. The minimum atomic E-state index is -0.187. The number of fused-ring (bicyclic) bond motifs is 1. The Morgan fingerprint density at radius 2 is 2.32 bits per heavy atom. The van der Waals surface area contributed by atoms with Crippen LogP contribution in [0.15, 0.2) is 24.4 Å². The van der Waals surface area contributed by atoms with Gasteiger partial charge in [0.2, 0.25) is 5.91 Å². The van der Waals surface area contributed by atoms with Gasteiger partial charge in [0.05, 0.1) is 29.9 Å². The van der Waals surface area contributed by atoms with Crippen LogP contribution in [0, 0.1) is 11.3 Å².